The molecule has 1 aromatic carbocycles. The second-order valence-electron chi connectivity index (χ2n) is 20.1. The Hall–Kier alpha value is -0.343. The molecule has 25 heteroatoms. The van der Waals surface area contributed by atoms with E-state index in [0.29, 0.717) is 50.9 Å². The van der Waals surface area contributed by atoms with E-state index in [1.165, 1.54) is 24.4 Å². The fourth-order valence-electron chi connectivity index (χ4n) is 6.12. The Balaban J connectivity index is -0.000000451. The number of hydrogen-bond donors (Lipinski definition) is 0. The van der Waals surface area contributed by atoms with Crippen molar-refractivity contribution in [3.63, 3.8) is 0 Å². The third-order valence-corrected chi connectivity index (χ3v) is 26.0. The van der Waals surface area contributed by atoms with Crippen molar-refractivity contribution in [2.45, 2.75) is 183 Å². The molecule has 0 bridgehead atoms. The summed E-state index contributed by atoms with van der Waals surface area (Å²) >= 11 is 0. The molecule has 0 aliphatic carbocycles. The smallest absolute Gasteiger partial charge is 0.491 e. The third kappa shape index (κ3) is 35.3. The first kappa shape index (κ1) is 80.1. The van der Waals surface area contributed by atoms with Gasteiger partial charge in [0.15, 0.2) is 26.7 Å². The molecule has 0 heterocycles. The normalized spacial score (nSPS) is 13.3. The van der Waals surface area contributed by atoms with Gasteiger partial charge in [0.05, 0.1) is 53.9 Å². The fourth-order valence-corrected chi connectivity index (χ4v) is 19.6. The predicted molar refractivity (Wildman–Crippen MR) is 292 cm³/mol. The third-order valence-electron chi connectivity index (χ3n) is 12.1. The first-order valence-corrected chi connectivity index (χ1v) is 36.4. The van der Waals surface area contributed by atoms with Gasteiger partial charge < -0.3 is 45.2 Å². The molecule has 2 atom stereocenters. The standard InChI is InChI=1S/C17H38O3Si2.C15H24O3.C10H17F3NO6S2.C7H18O3Si.K/c1-9-11-14-21(5,6)20-22(7,8)15-12-13-19-16(18)17(3,4)10-2;1-4-13(2)14-5-7-15(8-6-14)18-12-11-17-10-9-16-3;1-4-9(2,3)8(15)20-6-5-7-21(16,17)14-22(18,19)10(11,12)13;1-6-7(2)11(8-3,9-4)10-5;/h9-15H2,1-8H3;5-8,13H,4,9-12H2,1-3H3;4-7H2,1-3H3;7H,6H2,1-5H3;/q;;-1;;+1. The van der Waals surface area contributed by atoms with Gasteiger partial charge in [-0.25, -0.2) is 16.8 Å². The van der Waals surface area contributed by atoms with Crippen molar-refractivity contribution in [2.75, 3.05) is 73.8 Å². The van der Waals surface area contributed by atoms with Gasteiger partial charge in [0.25, 0.3) is 0 Å². The summed E-state index contributed by atoms with van der Waals surface area (Å²) in [5.74, 6) is -0.142. The number of alkyl halides is 3. The summed E-state index contributed by atoms with van der Waals surface area (Å²) in [4.78, 5) is 23.5. The van der Waals surface area contributed by atoms with Gasteiger partial charge in [0.1, 0.15) is 12.4 Å². The predicted octanol–water partition coefficient (Wildman–Crippen LogP) is 9.40. The molecule has 1 rings (SSSR count). The SMILES string of the molecule is CCC(C)(C)C(=O)OCCCS(=O)(=O)[N-]S(=O)(=O)C(F)(F)F.CCC(C)[Si](OC)(OC)OC.CCC(C)c1ccc(OCCOCCOC)cc1.CCCC[Si](C)(C)O[Si](C)(C)CCCOC(=O)C(C)(C)CC.[K+]. The Morgan fingerprint density at radius 1 is 0.649 bits per heavy atom. The maximum atomic E-state index is 12.0. The minimum Gasteiger partial charge on any atom is -0.491 e. The van der Waals surface area contributed by atoms with E-state index in [-0.39, 0.29) is 75.8 Å². The van der Waals surface area contributed by atoms with Crippen LogP contribution in [-0.4, -0.2) is 134 Å². The van der Waals surface area contributed by atoms with Crippen molar-refractivity contribution >= 4 is 57.4 Å². The maximum Gasteiger partial charge on any atom is 1.00 e. The largest absolute Gasteiger partial charge is 1.00 e. The van der Waals surface area contributed by atoms with Crippen LogP contribution in [0.4, 0.5) is 13.2 Å². The van der Waals surface area contributed by atoms with Gasteiger partial charge >= 0.3 is 77.6 Å². The maximum absolute atomic E-state index is 12.0. The first-order chi connectivity index (χ1) is 33.5. The first-order valence-electron chi connectivity index (χ1n) is 25.3. The van der Waals surface area contributed by atoms with Crippen LogP contribution in [0.3, 0.4) is 0 Å². The molecular formula is C49H97F3KNO15S2Si3. The number of carbonyl (C=O) groups is 2. The average molecular weight is 1180 g/mol. The van der Waals surface area contributed by atoms with Crippen LogP contribution in [0.5, 0.6) is 5.75 Å². The van der Waals surface area contributed by atoms with Gasteiger partial charge in [-0.15, -0.1) is 0 Å². The zero-order valence-electron chi connectivity index (χ0n) is 49.0. The van der Waals surface area contributed by atoms with Crippen LogP contribution in [0.15, 0.2) is 24.3 Å². The number of halogens is 3. The van der Waals surface area contributed by atoms with Crippen molar-refractivity contribution in [1.82, 2.24) is 0 Å². The Labute approximate surface area is 492 Å². The monoisotopic (exact) mass is 1180 g/mol. The number of esters is 2. The molecule has 0 N–H and O–H groups in total. The molecule has 0 spiro atoms. The molecule has 74 heavy (non-hydrogen) atoms. The van der Waals surface area contributed by atoms with Crippen LogP contribution in [-0.2, 0) is 66.0 Å². The van der Waals surface area contributed by atoms with E-state index in [9.17, 15) is 39.6 Å². The minimum atomic E-state index is -6.11. The number of sulfonamides is 2. The number of hydrogen-bond acceptors (Lipinski definition) is 15. The quantitative estimate of drug-likeness (QED) is 0.0366. The number of benzene rings is 1. The van der Waals surface area contributed by atoms with Crippen molar-refractivity contribution in [2.24, 2.45) is 10.8 Å². The molecule has 1 aromatic rings. The number of ether oxygens (including phenoxy) is 5. The van der Waals surface area contributed by atoms with E-state index in [1.54, 1.807) is 49.2 Å². The van der Waals surface area contributed by atoms with Gasteiger partial charge in [-0.05, 0) is 128 Å². The summed E-state index contributed by atoms with van der Waals surface area (Å²) in [6, 6.07) is 10.6. The summed E-state index contributed by atoms with van der Waals surface area (Å²) in [6.07, 6.45) is 6.52. The van der Waals surface area contributed by atoms with E-state index in [4.69, 9.17) is 41.1 Å². The number of carbonyl (C=O) groups excluding carboxylic acids is 2. The number of nitrogens with zero attached hydrogens (tertiary/aromatic N) is 1. The van der Waals surface area contributed by atoms with Crippen LogP contribution < -0.4 is 56.1 Å². The van der Waals surface area contributed by atoms with Crippen LogP contribution in [0.25, 0.3) is 4.13 Å². The van der Waals surface area contributed by atoms with Crippen molar-refractivity contribution < 1.29 is 132 Å². The Bertz CT molecular complexity index is 1850. The van der Waals surface area contributed by atoms with Crippen LogP contribution >= 0.6 is 0 Å². The van der Waals surface area contributed by atoms with E-state index >= 15 is 0 Å². The van der Waals surface area contributed by atoms with Crippen molar-refractivity contribution in [3.05, 3.63) is 34.0 Å². The van der Waals surface area contributed by atoms with E-state index in [2.05, 4.69) is 72.9 Å². The number of rotatable bonds is 33. The molecule has 0 saturated carbocycles. The van der Waals surface area contributed by atoms with Crippen LogP contribution in [0.2, 0.25) is 43.8 Å². The molecule has 0 saturated heterocycles. The van der Waals surface area contributed by atoms with Crippen molar-refractivity contribution in [3.8, 4) is 5.75 Å². The van der Waals surface area contributed by atoms with Crippen LogP contribution in [0.1, 0.15) is 139 Å². The summed E-state index contributed by atoms with van der Waals surface area (Å²) in [7, 11) is -9.83. The molecule has 0 fully saturated rings. The van der Waals surface area contributed by atoms with Gasteiger partial charge in [-0.2, -0.15) is 13.2 Å². The molecule has 16 nitrogen and oxygen atoms in total. The molecular weight excluding hydrogens is 1090 g/mol. The summed E-state index contributed by atoms with van der Waals surface area (Å²) < 4.78 is 130. The Morgan fingerprint density at radius 3 is 1.47 bits per heavy atom. The molecule has 0 amide bonds. The summed E-state index contributed by atoms with van der Waals surface area (Å²) in [5.41, 5.74) is -5.19. The minimum absolute atomic E-state index is 0. The average Bonchev–Trinajstić information content (AvgIpc) is 3.32. The van der Waals surface area contributed by atoms with Crippen molar-refractivity contribution in [1.29, 1.82) is 0 Å². The zero-order valence-corrected chi connectivity index (χ0v) is 56.8. The van der Waals surface area contributed by atoms with E-state index in [1.807, 2.05) is 37.0 Å². The van der Waals surface area contributed by atoms with E-state index in [0.717, 1.165) is 37.5 Å². The van der Waals surface area contributed by atoms with E-state index < -0.39 is 68.1 Å². The fraction of sp³-hybridized carbons (Fsp3) is 0.837. The molecule has 0 aromatic heterocycles. The Kier molecular flexibility index (Phi) is 43.2. The molecule has 0 radical (unpaired) electrons. The number of methoxy groups -OCH3 is 1. The number of unbranched alkanes of at least 4 members (excludes halogenated alkanes) is 1. The molecule has 0 aliphatic heterocycles. The molecule has 2 unspecified atom stereocenters. The topological polar surface area (TPSA) is 200 Å². The summed E-state index contributed by atoms with van der Waals surface area (Å²) in [6.45, 7) is 33.6. The molecule has 434 valence electrons. The second kappa shape index (κ2) is 39.9. The zero-order chi connectivity index (χ0) is 57.4. The van der Waals surface area contributed by atoms with Gasteiger partial charge in [-0.1, -0.05) is 73.4 Å². The van der Waals surface area contributed by atoms with Gasteiger partial charge in [0.2, 0.25) is 0 Å². The molecule has 0 aliphatic rings. The summed E-state index contributed by atoms with van der Waals surface area (Å²) in [5, 5.41) is 0. The second-order valence-corrected chi connectivity index (χ2v) is 35.9. The Morgan fingerprint density at radius 2 is 1.09 bits per heavy atom. The van der Waals surface area contributed by atoms with Crippen LogP contribution in [0, 0.1) is 10.8 Å². The van der Waals surface area contributed by atoms with Gasteiger partial charge in [0, 0.05) is 39.7 Å². The van der Waals surface area contributed by atoms with Gasteiger partial charge in [-0.3, -0.25) is 9.59 Å².